The highest BCUT2D eigenvalue weighted by molar-refractivity contribution is 5.68. The van der Waals surface area contributed by atoms with E-state index in [1.165, 1.54) is 11.1 Å². The normalized spacial score (nSPS) is 22.4. The third-order valence-electron chi connectivity index (χ3n) is 3.36. The van der Waals surface area contributed by atoms with Crippen molar-refractivity contribution in [3.8, 4) is 5.75 Å². The van der Waals surface area contributed by atoms with Gasteiger partial charge in [0.25, 0.3) is 0 Å². The lowest BCUT2D eigenvalue weighted by Crippen LogP contribution is -2.24. The molecule has 2 nitrogen and oxygen atoms in total. The van der Waals surface area contributed by atoms with Crippen LogP contribution < -0.4 is 4.74 Å². The van der Waals surface area contributed by atoms with Crippen molar-refractivity contribution >= 4 is 5.57 Å². The topological polar surface area (TPSA) is 29.5 Å². The van der Waals surface area contributed by atoms with Crippen LogP contribution in [0.25, 0.3) is 5.57 Å². The molecule has 0 heterocycles. The third-order valence-corrected chi connectivity index (χ3v) is 3.36. The summed E-state index contributed by atoms with van der Waals surface area (Å²) in [4.78, 5) is 0. The molecule has 1 atom stereocenters. The van der Waals surface area contributed by atoms with Crippen LogP contribution in [0.4, 0.5) is 0 Å². The molecular formula is C16H22O2. The Morgan fingerprint density at radius 3 is 2.50 bits per heavy atom. The quantitative estimate of drug-likeness (QED) is 0.882. The van der Waals surface area contributed by atoms with Gasteiger partial charge in [-0.3, -0.25) is 0 Å². The Labute approximate surface area is 109 Å². The minimum atomic E-state index is -0.324. The van der Waals surface area contributed by atoms with Crippen LogP contribution >= 0.6 is 0 Å². The molecule has 2 rings (SSSR count). The number of rotatable bonds is 3. The Kier molecular flexibility index (Phi) is 3.76. The van der Waals surface area contributed by atoms with Crippen LogP contribution in [0.5, 0.6) is 5.75 Å². The molecule has 0 saturated heterocycles. The van der Waals surface area contributed by atoms with Crippen LogP contribution in [0.15, 0.2) is 30.3 Å². The van der Waals surface area contributed by atoms with Gasteiger partial charge in [-0.25, -0.2) is 0 Å². The van der Waals surface area contributed by atoms with Crippen LogP contribution in [0.2, 0.25) is 0 Å². The van der Waals surface area contributed by atoms with Crippen LogP contribution in [0.1, 0.15) is 39.2 Å². The highest BCUT2D eigenvalue weighted by atomic mass is 16.5. The Balaban J connectivity index is 2.20. The lowest BCUT2D eigenvalue weighted by Gasteiger charge is -2.32. The molecule has 1 aliphatic carbocycles. The monoisotopic (exact) mass is 246 g/mol. The second-order valence-electron chi connectivity index (χ2n) is 5.76. The fourth-order valence-corrected chi connectivity index (χ4v) is 2.63. The molecule has 1 unspecified atom stereocenters. The zero-order valence-corrected chi connectivity index (χ0v) is 11.4. The van der Waals surface area contributed by atoms with Gasteiger partial charge in [0.15, 0.2) is 0 Å². The maximum Gasteiger partial charge on any atom is 0.119 e. The summed E-state index contributed by atoms with van der Waals surface area (Å²) in [6.45, 7) is 7.08. The van der Waals surface area contributed by atoms with E-state index in [0.29, 0.717) is 6.61 Å². The lowest BCUT2D eigenvalue weighted by molar-refractivity contribution is 0.146. The first kappa shape index (κ1) is 13.2. The van der Waals surface area contributed by atoms with E-state index in [4.69, 9.17) is 4.74 Å². The van der Waals surface area contributed by atoms with Gasteiger partial charge in [0.05, 0.1) is 12.7 Å². The Morgan fingerprint density at radius 1 is 1.28 bits per heavy atom. The number of ether oxygens (including phenoxy) is 1. The highest BCUT2D eigenvalue weighted by Crippen LogP contribution is 2.39. The van der Waals surface area contributed by atoms with E-state index in [2.05, 4.69) is 26.0 Å². The molecule has 1 aliphatic rings. The predicted molar refractivity (Wildman–Crippen MR) is 74.6 cm³/mol. The lowest BCUT2D eigenvalue weighted by atomic mass is 9.74. The molecular weight excluding hydrogens is 224 g/mol. The molecule has 0 aromatic heterocycles. The second kappa shape index (κ2) is 5.15. The molecule has 0 amide bonds. The van der Waals surface area contributed by atoms with Crippen LogP contribution in [-0.4, -0.2) is 17.8 Å². The van der Waals surface area contributed by atoms with Crippen LogP contribution in [0, 0.1) is 5.41 Å². The van der Waals surface area contributed by atoms with Gasteiger partial charge in [0.2, 0.25) is 0 Å². The van der Waals surface area contributed by atoms with E-state index in [0.717, 1.165) is 18.6 Å². The molecule has 1 aromatic carbocycles. The fourth-order valence-electron chi connectivity index (χ4n) is 2.63. The summed E-state index contributed by atoms with van der Waals surface area (Å²) in [5.41, 5.74) is 2.59. The van der Waals surface area contributed by atoms with E-state index >= 15 is 0 Å². The number of hydrogen-bond donors (Lipinski definition) is 1. The average molecular weight is 246 g/mol. The zero-order chi connectivity index (χ0) is 13.2. The summed E-state index contributed by atoms with van der Waals surface area (Å²) in [5.74, 6) is 0.900. The molecule has 2 heteroatoms. The molecule has 0 radical (unpaired) electrons. The summed E-state index contributed by atoms with van der Waals surface area (Å²) in [5, 5.41) is 9.91. The molecule has 98 valence electrons. The molecule has 0 fully saturated rings. The predicted octanol–water partition coefficient (Wildman–Crippen LogP) is 3.65. The Hall–Kier alpha value is -1.28. The van der Waals surface area contributed by atoms with Gasteiger partial charge in [0, 0.05) is 0 Å². The summed E-state index contributed by atoms with van der Waals surface area (Å²) in [6, 6.07) is 8.14. The van der Waals surface area contributed by atoms with Crippen molar-refractivity contribution < 1.29 is 9.84 Å². The first-order valence-corrected chi connectivity index (χ1v) is 6.62. The highest BCUT2D eigenvalue weighted by Gasteiger charge is 2.28. The van der Waals surface area contributed by atoms with Gasteiger partial charge in [0.1, 0.15) is 5.75 Å². The van der Waals surface area contributed by atoms with Gasteiger partial charge in [-0.2, -0.15) is 0 Å². The van der Waals surface area contributed by atoms with E-state index < -0.39 is 0 Å². The van der Waals surface area contributed by atoms with E-state index in [9.17, 15) is 5.11 Å². The van der Waals surface area contributed by atoms with Gasteiger partial charge in [-0.05, 0) is 48.4 Å². The summed E-state index contributed by atoms with van der Waals surface area (Å²) < 4.78 is 5.44. The van der Waals surface area contributed by atoms with E-state index in [1.807, 2.05) is 25.1 Å². The van der Waals surface area contributed by atoms with Gasteiger partial charge < -0.3 is 9.84 Å². The second-order valence-corrected chi connectivity index (χ2v) is 5.76. The van der Waals surface area contributed by atoms with Crippen molar-refractivity contribution in [1.82, 2.24) is 0 Å². The minimum absolute atomic E-state index is 0.169. The molecule has 0 saturated carbocycles. The SMILES string of the molecule is CCOc1ccc(C2=CC(O)CC(C)(C)C2)cc1. The van der Waals surface area contributed by atoms with Crippen molar-refractivity contribution in [2.75, 3.05) is 6.61 Å². The average Bonchev–Trinajstić information content (AvgIpc) is 2.27. The standard InChI is InChI=1S/C16H22O2/c1-4-18-15-7-5-12(6-8-15)13-9-14(17)11-16(2,3)10-13/h5-9,14,17H,4,10-11H2,1-3H3. The van der Waals surface area contributed by atoms with E-state index in [-0.39, 0.29) is 11.5 Å². The van der Waals surface area contributed by atoms with Crippen molar-refractivity contribution in [3.05, 3.63) is 35.9 Å². The first-order chi connectivity index (χ1) is 8.50. The maximum atomic E-state index is 9.91. The van der Waals surface area contributed by atoms with Gasteiger partial charge >= 0.3 is 0 Å². The Morgan fingerprint density at radius 2 is 1.94 bits per heavy atom. The largest absolute Gasteiger partial charge is 0.494 e. The number of benzene rings is 1. The molecule has 1 aromatic rings. The number of aliphatic hydroxyl groups excluding tert-OH is 1. The van der Waals surface area contributed by atoms with Gasteiger partial charge in [-0.1, -0.05) is 32.1 Å². The number of aliphatic hydroxyl groups is 1. The van der Waals surface area contributed by atoms with Crippen LogP contribution in [0.3, 0.4) is 0 Å². The molecule has 18 heavy (non-hydrogen) atoms. The number of allylic oxidation sites excluding steroid dienone is 1. The summed E-state index contributed by atoms with van der Waals surface area (Å²) in [6.07, 6.45) is 3.52. The maximum absolute atomic E-state index is 9.91. The molecule has 0 bridgehead atoms. The van der Waals surface area contributed by atoms with Crippen molar-refractivity contribution in [1.29, 1.82) is 0 Å². The third kappa shape index (κ3) is 3.14. The van der Waals surface area contributed by atoms with Crippen molar-refractivity contribution in [2.24, 2.45) is 5.41 Å². The summed E-state index contributed by atoms with van der Waals surface area (Å²) >= 11 is 0. The minimum Gasteiger partial charge on any atom is -0.494 e. The smallest absolute Gasteiger partial charge is 0.119 e. The summed E-state index contributed by atoms with van der Waals surface area (Å²) in [7, 11) is 0. The Bertz CT molecular complexity index is 429. The molecule has 0 aliphatic heterocycles. The fraction of sp³-hybridized carbons (Fsp3) is 0.500. The van der Waals surface area contributed by atoms with Crippen molar-refractivity contribution in [2.45, 2.75) is 39.7 Å². The molecule has 0 spiro atoms. The zero-order valence-electron chi connectivity index (χ0n) is 11.4. The number of hydrogen-bond acceptors (Lipinski definition) is 2. The first-order valence-electron chi connectivity index (χ1n) is 6.62. The van der Waals surface area contributed by atoms with E-state index in [1.54, 1.807) is 0 Å². The molecule has 1 N–H and O–H groups in total. The van der Waals surface area contributed by atoms with Gasteiger partial charge in [-0.15, -0.1) is 0 Å². The van der Waals surface area contributed by atoms with Crippen LogP contribution in [-0.2, 0) is 0 Å². The van der Waals surface area contributed by atoms with Crippen molar-refractivity contribution in [3.63, 3.8) is 0 Å².